The van der Waals surface area contributed by atoms with Crippen LogP contribution in [0, 0.1) is 0 Å². The monoisotopic (exact) mass is 317 g/mol. The van der Waals surface area contributed by atoms with Crippen molar-refractivity contribution in [3.8, 4) is 0 Å². The quantitative estimate of drug-likeness (QED) is 0.521. The molecule has 2 heterocycles. The van der Waals surface area contributed by atoms with E-state index in [1.807, 2.05) is 4.52 Å². The summed E-state index contributed by atoms with van der Waals surface area (Å²) in [4.78, 5) is 4.03. The van der Waals surface area contributed by atoms with Crippen molar-refractivity contribution in [2.75, 3.05) is 0 Å². The molecule has 5 heteroatoms. The first-order valence-corrected chi connectivity index (χ1v) is 9.38. The van der Waals surface area contributed by atoms with Gasteiger partial charge in [0.25, 0.3) is 0 Å². The summed E-state index contributed by atoms with van der Waals surface area (Å²) in [5.74, 6) is 1.49. The van der Waals surface area contributed by atoms with Crippen molar-refractivity contribution in [3.63, 3.8) is 0 Å². The zero-order chi connectivity index (χ0) is 16.3. The van der Waals surface area contributed by atoms with E-state index < -0.39 is 0 Å². The third-order valence-corrected chi connectivity index (χ3v) is 4.54. The minimum Gasteiger partial charge on any atom is -0.239 e. The predicted octanol–water partition coefficient (Wildman–Crippen LogP) is 4.93. The number of nitrogens with zero attached hydrogens (tertiary/aromatic N) is 5. The normalized spacial score (nSPS) is 12.8. The fourth-order valence-corrected chi connectivity index (χ4v) is 3.15. The Bertz CT molecular complexity index is 551. The van der Waals surface area contributed by atoms with Crippen molar-refractivity contribution in [2.45, 2.75) is 90.4 Å². The fourth-order valence-electron chi connectivity index (χ4n) is 3.15. The van der Waals surface area contributed by atoms with E-state index in [0.717, 1.165) is 11.5 Å². The van der Waals surface area contributed by atoms with Crippen LogP contribution in [0.15, 0.2) is 12.5 Å². The Kier molecular flexibility index (Phi) is 7.98. The molecule has 0 aliphatic carbocycles. The van der Waals surface area contributed by atoms with Gasteiger partial charge in [-0.15, -0.1) is 10.2 Å². The first-order chi connectivity index (χ1) is 11.4. The van der Waals surface area contributed by atoms with Crippen molar-refractivity contribution in [1.82, 2.24) is 24.8 Å². The third kappa shape index (κ3) is 5.56. The zero-order valence-corrected chi connectivity index (χ0v) is 14.7. The van der Waals surface area contributed by atoms with E-state index >= 15 is 0 Å². The van der Waals surface area contributed by atoms with Crippen LogP contribution >= 0.6 is 0 Å². The molecule has 0 saturated heterocycles. The zero-order valence-electron chi connectivity index (χ0n) is 14.7. The van der Waals surface area contributed by atoms with Gasteiger partial charge >= 0.3 is 0 Å². The van der Waals surface area contributed by atoms with Gasteiger partial charge < -0.3 is 0 Å². The molecular formula is C18H31N5. The number of unbranched alkanes of at least 4 members (excludes halogenated alkanes) is 7. The number of hydrogen-bond donors (Lipinski definition) is 0. The molecule has 0 aliphatic rings. The van der Waals surface area contributed by atoms with E-state index in [1.165, 1.54) is 70.6 Å². The lowest BCUT2D eigenvalue weighted by Gasteiger charge is -2.14. The number of hydrogen-bond acceptors (Lipinski definition) is 4. The molecule has 0 radical (unpaired) electrons. The van der Waals surface area contributed by atoms with Gasteiger partial charge in [-0.2, -0.15) is 9.61 Å². The maximum atomic E-state index is 4.42. The van der Waals surface area contributed by atoms with Crippen LogP contribution in [0.2, 0.25) is 0 Å². The molecule has 2 aromatic heterocycles. The van der Waals surface area contributed by atoms with Crippen LogP contribution in [0.1, 0.15) is 96.2 Å². The summed E-state index contributed by atoms with van der Waals surface area (Å²) < 4.78 is 1.88. The SMILES string of the molecule is CCCCCCCC(CCCCCC)c1nnc2cncnn12. The van der Waals surface area contributed by atoms with Gasteiger partial charge in [0.15, 0.2) is 11.5 Å². The first-order valence-electron chi connectivity index (χ1n) is 9.38. The van der Waals surface area contributed by atoms with E-state index in [4.69, 9.17) is 0 Å². The third-order valence-electron chi connectivity index (χ3n) is 4.54. The van der Waals surface area contributed by atoms with Crippen LogP contribution < -0.4 is 0 Å². The molecule has 128 valence electrons. The second-order valence-corrected chi connectivity index (χ2v) is 6.49. The molecule has 0 aromatic carbocycles. The van der Waals surface area contributed by atoms with Crippen LogP contribution in [-0.2, 0) is 0 Å². The molecule has 5 nitrogen and oxygen atoms in total. The van der Waals surface area contributed by atoms with Gasteiger partial charge in [-0.3, -0.25) is 0 Å². The molecule has 0 aliphatic heterocycles. The number of aromatic nitrogens is 5. The summed E-state index contributed by atoms with van der Waals surface area (Å²) in [7, 11) is 0. The highest BCUT2D eigenvalue weighted by Gasteiger charge is 2.18. The standard InChI is InChI=1S/C18H31N5/c1-3-5-7-9-11-13-16(12-10-8-6-4-2)18-22-21-17-14-19-15-20-23(17)18/h14-16H,3-13H2,1-2H3. The Morgan fingerprint density at radius 2 is 1.52 bits per heavy atom. The van der Waals surface area contributed by atoms with Gasteiger partial charge in [0.2, 0.25) is 0 Å². The molecule has 2 rings (SSSR count). The van der Waals surface area contributed by atoms with Crippen molar-refractivity contribution in [1.29, 1.82) is 0 Å². The highest BCUT2D eigenvalue weighted by molar-refractivity contribution is 5.32. The van der Waals surface area contributed by atoms with Crippen molar-refractivity contribution in [3.05, 3.63) is 18.3 Å². The molecule has 0 bridgehead atoms. The molecule has 0 fully saturated rings. The van der Waals surface area contributed by atoms with E-state index in [-0.39, 0.29) is 0 Å². The summed E-state index contributed by atoms with van der Waals surface area (Å²) in [5, 5.41) is 13.0. The summed E-state index contributed by atoms with van der Waals surface area (Å²) in [6.45, 7) is 4.52. The molecule has 0 saturated carbocycles. The van der Waals surface area contributed by atoms with Gasteiger partial charge in [0.05, 0.1) is 6.20 Å². The van der Waals surface area contributed by atoms with Crippen LogP contribution in [0.4, 0.5) is 0 Å². The van der Waals surface area contributed by atoms with E-state index in [9.17, 15) is 0 Å². The Hall–Kier alpha value is -1.52. The van der Waals surface area contributed by atoms with Gasteiger partial charge in [-0.1, -0.05) is 71.6 Å². The van der Waals surface area contributed by atoms with Crippen molar-refractivity contribution in [2.24, 2.45) is 0 Å². The maximum Gasteiger partial charge on any atom is 0.196 e. The lowest BCUT2D eigenvalue weighted by atomic mass is 9.93. The van der Waals surface area contributed by atoms with E-state index in [2.05, 4.69) is 34.1 Å². The van der Waals surface area contributed by atoms with Crippen LogP contribution in [0.25, 0.3) is 5.65 Å². The Morgan fingerprint density at radius 1 is 0.870 bits per heavy atom. The Balaban J connectivity index is 1.97. The molecule has 0 spiro atoms. The highest BCUT2D eigenvalue weighted by atomic mass is 15.4. The first kappa shape index (κ1) is 17.8. The summed E-state index contributed by atoms with van der Waals surface area (Å²) in [6.07, 6.45) is 17.5. The van der Waals surface area contributed by atoms with Gasteiger partial charge in [0, 0.05) is 5.92 Å². The lowest BCUT2D eigenvalue weighted by Crippen LogP contribution is -2.07. The average molecular weight is 317 g/mol. The molecule has 23 heavy (non-hydrogen) atoms. The molecule has 1 unspecified atom stereocenters. The summed E-state index contributed by atoms with van der Waals surface area (Å²) >= 11 is 0. The van der Waals surface area contributed by atoms with Gasteiger partial charge in [0.1, 0.15) is 6.33 Å². The van der Waals surface area contributed by atoms with Crippen LogP contribution in [0.3, 0.4) is 0 Å². The largest absolute Gasteiger partial charge is 0.239 e. The molecule has 0 N–H and O–H groups in total. The molecule has 2 aromatic rings. The Morgan fingerprint density at radius 3 is 2.22 bits per heavy atom. The van der Waals surface area contributed by atoms with E-state index in [1.54, 1.807) is 12.5 Å². The summed E-state index contributed by atoms with van der Waals surface area (Å²) in [5.41, 5.74) is 0.757. The lowest BCUT2D eigenvalue weighted by molar-refractivity contribution is 0.469. The van der Waals surface area contributed by atoms with Gasteiger partial charge in [-0.25, -0.2) is 4.98 Å². The minimum absolute atomic E-state index is 0.471. The predicted molar refractivity (Wildman–Crippen MR) is 93.5 cm³/mol. The molecule has 0 amide bonds. The van der Waals surface area contributed by atoms with Gasteiger partial charge in [-0.05, 0) is 12.8 Å². The fraction of sp³-hybridized carbons (Fsp3) is 0.778. The Labute approximate surface area is 139 Å². The second kappa shape index (κ2) is 10.3. The van der Waals surface area contributed by atoms with Crippen LogP contribution in [0.5, 0.6) is 0 Å². The second-order valence-electron chi connectivity index (χ2n) is 6.49. The topological polar surface area (TPSA) is 56.0 Å². The number of fused-ring (bicyclic) bond motifs is 1. The maximum absolute atomic E-state index is 4.42. The smallest absolute Gasteiger partial charge is 0.196 e. The molecular weight excluding hydrogens is 286 g/mol. The molecule has 1 atom stereocenters. The van der Waals surface area contributed by atoms with Crippen molar-refractivity contribution >= 4 is 5.65 Å². The van der Waals surface area contributed by atoms with Crippen molar-refractivity contribution < 1.29 is 0 Å². The van der Waals surface area contributed by atoms with Crippen LogP contribution in [-0.4, -0.2) is 24.8 Å². The highest BCUT2D eigenvalue weighted by Crippen LogP contribution is 2.27. The minimum atomic E-state index is 0.471. The average Bonchev–Trinajstić information content (AvgIpc) is 3.00. The summed E-state index contributed by atoms with van der Waals surface area (Å²) in [6, 6.07) is 0. The van der Waals surface area contributed by atoms with E-state index in [0.29, 0.717) is 5.92 Å². The number of rotatable bonds is 12.